The van der Waals surface area contributed by atoms with Gasteiger partial charge in [0.1, 0.15) is 11.6 Å². The van der Waals surface area contributed by atoms with Crippen LogP contribution in [0.2, 0.25) is 0 Å². The number of benzene rings is 6. The van der Waals surface area contributed by atoms with Gasteiger partial charge in [-0.05, 0) is 118 Å². The smallest absolute Gasteiger partial charge is 0.148 e. The van der Waals surface area contributed by atoms with E-state index < -0.39 is 18.6 Å². The largest absolute Gasteiger partial charge is 0.507 e. The summed E-state index contributed by atoms with van der Waals surface area (Å²) in [6, 6.07) is 43.2. The topological polar surface area (TPSA) is 50.9 Å². The van der Waals surface area contributed by atoms with E-state index in [1.807, 2.05) is 137 Å². The molecule has 0 spiro atoms. The predicted octanol–water partition coefficient (Wildman–Crippen LogP) is 14.7. The molecule has 0 saturated carbocycles. The number of nitrogens with zero attached hydrogens (tertiary/aromatic N) is 3. The fraction of sp³-hybridized carbons (Fsp3) is 0.236. The second-order valence-electron chi connectivity index (χ2n) is 17.2. The third-order valence-corrected chi connectivity index (χ3v) is 11.2. The van der Waals surface area contributed by atoms with Crippen LogP contribution in [0.1, 0.15) is 100 Å². The van der Waals surface area contributed by atoms with Crippen molar-refractivity contribution in [1.82, 2.24) is 14.5 Å². The summed E-state index contributed by atoms with van der Waals surface area (Å²) in [5.41, 5.74) is 12.9. The van der Waals surface area contributed by atoms with Crippen LogP contribution >= 0.6 is 0 Å². The van der Waals surface area contributed by atoms with E-state index in [2.05, 4.69) is 57.2 Å². The zero-order chi connectivity index (χ0) is 46.1. The van der Waals surface area contributed by atoms with Gasteiger partial charge in [-0.15, -0.1) is 29.3 Å². The number of rotatable bonds is 8. The van der Waals surface area contributed by atoms with Gasteiger partial charge in [0.25, 0.3) is 0 Å². The molecule has 0 saturated heterocycles. The summed E-state index contributed by atoms with van der Waals surface area (Å²) in [5.74, 6) is -1.45. The average Bonchev–Trinajstić information content (AvgIpc) is 3.63. The molecule has 0 radical (unpaired) electrons. The third kappa shape index (κ3) is 8.28. The molecule has 8 rings (SSSR count). The number of hydrogen-bond donors (Lipinski definition) is 1. The Morgan fingerprint density at radius 1 is 0.683 bits per heavy atom. The number of para-hydroxylation sites is 1. The van der Waals surface area contributed by atoms with Crippen molar-refractivity contribution in [1.29, 1.82) is 0 Å². The SMILES string of the molecule is [2H]C([2H])([2H])c1cc(-c2cc(C([2H])(C)C)cc(C([2H])(C)C)c2)ccc1-n1c(-c2cc(C)cc(C)c2O)nc2c(-c3[c-]c(-c4cc(-c5ccccc5)ccn4)cc(C(C)(C)C)c3)cccc21.[Pt]. The summed E-state index contributed by atoms with van der Waals surface area (Å²) < 4.78 is 46.5. The third-order valence-electron chi connectivity index (χ3n) is 11.2. The van der Waals surface area contributed by atoms with Crippen LogP contribution in [0.3, 0.4) is 0 Å². The normalized spacial score (nSPS) is 13.5. The molecule has 0 bridgehead atoms. The molecule has 4 nitrogen and oxygen atoms in total. The minimum atomic E-state index is -2.57. The van der Waals surface area contributed by atoms with Crippen LogP contribution in [0.5, 0.6) is 5.75 Å². The number of aromatic nitrogens is 3. The Morgan fingerprint density at radius 2 is 1.38 bits per heavy atom. The number of pyridine rings is 1. The molecule has 0 fully saturated rings. The van der Waals surface area contributed by atoms with E-state index >= 15 is 0 Å². The van der Waals surface area contributed by atoms with Gasteiger partial charge in [0.05, 0.1) is 22.3 Å². The molecule has 2 heterocycles. The van der Waals surface area contributed by atoms with Crippen LogP contribution < -0.4 is 0 Å². The first-order valence-corrected chi connectivity index (χ1v) is 20.2. The van der Waals surface area contributed by atoms with Gasteiger partial charge < -0.3 is 5.11 Å². The molecule has 6 aromatic carbocycles. The molecule has 0 amide bonds. The number of aryl methyl sites for hydroxylation is 3. The quantitative estimate of drug-likeness (QED) is 0.154. The van der Waals surface area contributed by atoms with Gasteiger partial charge in [0.2, 0.25) is 0 Å². The number of phenols is 1. The van der Waals surface area contributed by atoms with E-state index in [9.17, 15) is 5.11 Å². The molecule has 8 aromatic rings. The Balaban J connectivity index is 0.00000630. The monoisotopic (exact) mass is 972 g/mol. The Kier molecular flexibility index (Phi) is 10.2. The van der Waals surface area contributed by atoms with Gasteiger partial charge in [-0.25, -0.2) is 4.98 Å². The van der Waals surface area contributed by atoms with Crippen molar-refractivity contribution in [3.8, 4) is 67.5 Å². The first-order chi connectivity index (χ1) is 30.0. The van der Waals surface area contributed by atoms with E-state index in [1.54, 1.807) is 6.07 Å². The van der Waals surface area contributed by atoms with Crippen molar-refractivity contribution in [2.75, 3.05) is 0 Å². The molecule has 0 unspecified atom stereocenters. The zero-order valence-corrected chi connectivity index (χ0v) is 38.0. The predicted molar refractivity (Wildman–Crippen MR) is 248 cm³/mol. The summed E-state index contributed by atoms with van der Waals surface area (Å²) in [7, 11) is 0. The first-order valence-electron chi connectivity index (χ1n) is 22.7. The van der Waals surface area contributed by atoms with E-state index in [-0.39, 0.29) is 37.8 Å². The van der Waals surface area contributed by atoms with Gasteiger partial charge in [-0.3, -0.25) is 9.55 Å². The van der Waals surface area contributed by atoms with Crippen LogP contribution in [0.4, 0.5) is 0 Å². The van der Waals surface area contributed by atoms with Gasteiger partial charge in [0.15, 0.2) is 0 Å². The van der Waals surface area contributed by atoms with Crippen molar-refractivity contribution in [2.45, 2.75) is 86.4 Å². The van der Waals surface area contributed by atoms with Crippen LogP contribution in [-0.4, -0.2) is 19.6 Å². The van der Waals surface area contributed by atoms with E-state index in [4.69, 9.17) is 16.8 Å². The zero-order valence-electron chi connectivity index (χ0n) is 40.7. The summed E-state index contributed by atoms with van der Waals surface area (Å²) in [6.07, 6.45) is 1.83. The van der Waals surface area contributed by atoms with E-state index in [0.717, 1.165) is 61.3 Å². The maximum absolute atomic E-state index is 11.7. The molecule has 0 aliphatic heterocycles. The van der Waals surface area contributed by atoms with Gasteiger partial charge in [-0.2, -0.15) is 0 Å². The van der Waals surface area contributed by atoms with Crippen molar-refractivity contribution in [3.63, 3.8) is 0 Å². The number of fused-ring (bicyclic) bond motifs is 1. The molecule has 2 aromatic heterocycles. The number of hydrogen-bond acceptors (Lipinski definition) is 3. The summed E-state index contributed by atoms with van der Waals surface area (Å²) >= 11 is 0. The summed E-state index contributed by atoms with van der Waals surface area (Å²) in [6.45, 7) is 15.0. The summed E-state index contributed by atoms with van der Waals surface area (Å²) in [5, 5.41) is 11.7. The minimum Gasteiger partial charge on any atom is -0.507 e. The minimum absolute atomic E-state index is 0. The van der Waals surface area contributed by atoms with Crippen LogP contribution in [0.25, 0.3) is 72.7 Å². The molecule has 1 N–H and O–H groups in total. The van der Waals surface area contributed by atoms with Crippen LogP contribution in [-0.2, 0) is 26.5 Å². The maximum atomic E-state index is 11.7. The van der Waals surface area contributed by atoms with Crippen molar-refractivity contribution in [3.05, 3.63) is 167 Å². The Morgan fingerprint density at radius 3 is 2.07 bits per heavy atom. The number of phenolic OH excluding ortho intramolecular Hbond substituents is 1. The second kappa shape index (κ2) is 16.8. The summed E-state index contributed by atoms with van der Waals surface area (Å²) in [4.78, 5) is 10.2. The van der Waals surface area contributed by atoms with Gasteiger partial charge in [0, 0.05) is 39.8 Å². The van der Waals surface area contributed by atoms with Crippen molar-refractivity contribution in [2.24, 2.45) is 0 Å². The maximum Gasteiger partial charge on any atom is 0.148 e. The van der Waals surface area contributed by atoms with Gasteiger partial charge >= 0.3 is 0 Å². The molecule has 306 valence electrons. The van der Waals surface area contributed by atoms with Crippen LogP contribution in [0, 0.1) is 26.8 Å². The molecular weight excluding hydrogens is 914 g/mol. The molecular formula is C55H54N3OPt-. The van der Waals surface area contributed by atoms with Crippen LogP contribution in [0.15, 0.2) is 128 Å². The standard InChI is InChI=1S/C55H54N3O.Pt/c1-33(2)41-26-42(34(3)4)28-43(27-41)39-19-20-50(36(6)25-39)58-51-18-14-17-47(52(51)57-54(58)48-24-35(5)23-37(7)53(48)59)44-29-45(31-46(30-44)55(8,9)10)49-32-40(21-22-56-49)38-15-12-11-13-16-38;/h11-28,30-34,59H,1-10H3;/q-1;/i6D3,33D,34D;. The Bertz CT molecular complexity index is 3050. The van der Waals surface area contributed by atoms with E-state index in [0.29, 0.717) is 39.2 Å². The number of imidazole rings is 1. The Labute approximate surface area is 377 Å². The second-order valence-corrected chi connectivity index (χ2v) is 17.2. The van der Waals surface area contributed by atoms with Crippen molar-refractivity contribution >= 4 is 11.0 Å². The Hall–Kier alpha value is -5.57. The first kappa shape index (κ1) is 36.3. The molecule has 0 aliphatic rings. The van der Waals surface area contributed by atoms with Gasteiger partial charge in [-0.1, -0.05) is 138 Å². The molecule has 0 atom stereocenters. The molecule has 5 heteroatoms. The van der Waals surface area contributed by atoms with E-state index in [1.165, 1.54) is 0 Å². The fourth-order valence-electron chi connectivity index (χ4n) is 7.83. The number of aromatic hydroxyl groups is 1. The average molecular weight is 973 g/mol. The van der Waals surface area contributed by atoms with Crippen molar-refractivity contribution < 1.29 is 33.0 Å². The fourth-order valence-corrected chi connectivity index (χ4v) is 7.83. The molecule has 60 heavy (non-hydrogen) atoms. The molecule has 0 aliphatic carbocycles.